The number of carbonyl (C=O) groups excluding carboxylic acids is 1. The molecule has 0 atom stereocenters. The van der Waals surface area contributed by atoms with Gasteiger partial charge < -0.3 is 20.5 Å². The highest BCUT2D eigenvalue weighted by Gasteiger charge is 2.10. The molecule has 1 amide bonds. The monoisotopic (exact) mass is 379 g/mol. The van der Waals surface area contributed by atoms with Crippen LogP contribution >= 0.6 is 0 Å². The molecule has 9 nitrogen and oxygen atoms in total. The first-order valence-corrected chi connectivity index (χ1v) is 8.74. The Morgan fingerprint density at radius 2 is 1.79 bits per heavy atom. The fraction of sp³-hybridized carbons (Fsp3) is 0.211. The highest BCUT2D eigenvalue weighted by molar-refractivity contribution is 5.93. The number of anilines is 3. The summed E-state index contributed by atoms with van der Waals surface area (Å²) >= 11 is 0. The lowest BCUT2D eigenvalue weighted by atomic mass is 10.2. The zero-order valence-electron chi connectivity index (χ0n) is 15.6. The van der Waals surface area contributed by atoms with Crippen molar-refractivity contribution in [2.75, 3.05) is 23.7 Å². The van der Waals surface area contributed by atoms with Gasteiger partial charge in [0, 0.05) is 32.5 Å². The highest BCUT2D eigenvalue weighted by atomic mass is 16.2. The molecule has 0 saturated carbocycles. The summed E-state index contributed by atoms with van der Waals surface area (Å²) in [4.78, 5) is 28.2. The first-order chi connectivity index (χ1) is 13.5. The summed E-state index contributed by atoms with van der Waals surface area (Å²) in [5.41, 5.74) is 0.866. The van der Waals surface area contributed by atoms with Gasteiger partial charge in [0.25, 0.3) is 11.5 Å². The van der Waals surface area contributed by atoms with Gasteiger partial charge in [-0.1, -0.05) is 6.07 Å². The molecular weight excluding hydrogens is 358 g/mol. The number of carbonyl (C=O) groups is 1. The summed E-state index contributed by atoms with van der Waals surface area (Å²) in [6, 6.07) is 10.5. The summed E-state index contributed by atoms with van der Waals surface area (Å²) in [6.45, 7) is 2.75. The minimum Gasteiger partial charge on any atom is -0.367 e. The third kappa shape index (κ3) is 4.91. The topological polar surface area (TPSA) is 114 Å². The molecule has 3 aromatic heterocycles. The number of aromatic nitrogens is 4. The number of nitrogens with zero attached hydrogens (tertiary/aromatic N) is 4. The van der Waals surface area contributed by atoms with Crippen molar-refractivity contribution >= 4 is 23.4 Å². The maximum Gasteiger partial charge on any atom is 0.263 e. The fourth-order valence-electron chi connectivity index (χ4n) is 2.40. The van der Waals surface area contributed by atoms with E-state index in [1.54, 1.807) is 37.6 Å². The van der Waals surface area contributed by atoms with Crippen LogP contribution in [0.4, 0.5) is 17.5 Å². The van der Waals surface area contributed by atoms with Crippen molar-refractivity contribution in [2.24, 2.45) is 7.05 Å². The second-order valence-electron chi connectivity index (χ2n) is 6.17. The third-order valence-corrected chi connectivity index (χ3v) is 3.92. The molecule has 0 saturated heterocycles. The minimum atomic E-state index is -0.403. The van der Waals surface area contributed by atoms with Crippen LogP contribution in [0.2, 0.25) is 0 Å². The summed E-state index contributed by atoms with van der Waals surface area (Å²) < 4.78 is 1.37. The summed E-state index contributed by atoms with van der Waals surface area (Å²) in [5, 5.41) is 17.0. The van der Waals surface area contributed by atoms with Gasteiger partial charge in [-0.15, -0.1) is 10.2 Å². The van der Waals surface area contributed by atoms with Gasteiger partial charge in [0.05, 0.1) is 0 Å². The SMILES string of the molecule is Cc1ccc(Nc2ccc(NCCNC(=O)c3cccn(C)c3=O)nn2)nc1. The van der Waals surface area contributed by atoms with Crippen LogP contribution in [0.25, 0.3) is 0 Å². The molecule has 3 aromatic rings. The largest absolute Gasteiger partial charge is 0.367 e. The highest BCUT2D eigenvalue weighted by Crippen LogP contribution is 2.12. The van der Waals surface area contributed by atoms with E-state index in [4.69, 9.17) is 0 Å². The van der Waals surface area contributed by atoms with E-state index in [0.717, 1.165) is 5.56 Å². The minimum absolute atomic E-state index is 0.116. The van der Waals surface area contributed by atoms with Gasteiger partial charge in [-0.25, -0.2) is 4.98 Å². The second kappa shape index (κ2) is 8.76. The van der Waals surface area contributed by atoms with Crippen LogP contribution in [-0.2, 0) is 7.05 Å². The van der Waals surface area contributed by atoms with Crippen molar-refractivity contribution in [2.45, 2.75) is 6.92 Å². The lowest BCUT2D eigenvalue weighted by molar-refractivity contribution is 0.0953. The van der Waals surface area contributed by atoms with Gasteiger partial charge >= 0.3 is 0 Å². The summed E-state index contributed by atoms with van der Waals surface area (Å²) in [6.07, 6.45) is 3.37. The zero-order valence-corrected chi connectivity index (χ0v) is 15.6. The molecule has 0 aromatic carbocycles. The van der Waals surface area contributed by atoms with Crippen LogP contribution in [0, 0.1) is 6.92 Å². The molecule has 3 N–H and O–H groups in total. The predicted molar refractivity (Wildman–Crippen MR) is 107 cm³/mol. The van der Waals surface area contributed by atoms with Gasteiger partial charge in [-0.2, -0.15) is 0 Å². The van der Waals surface area contributed by atoms with Crippen molar-refractivity contribution in [1.82, 2.24) is 25.1 Å². The maximum absolute atomic E-state index is 12.1. The molecule has 0 aliphatic heterocycles. The molecular formula is C19H21N7O2. The van der Waals surface area contributed by atoms with Crippen molar-refractivity contribution in [3.05, 3.63) is 70.3 Å². The Morgan fingerprint density at radius 3 is 2.50 bits per heavy atom. The predicted octanol–water partition coefficient (Wildman–Crippen LogP) is 1.46. The molecule has 0 fully saturated rings. The van der Waals surface area contributed by atoms with Crippen LogP contribution in [0.5, 0.6) is 0 Å². The third-order valence-electron chi connectivity index (χ3n) is 3.92. The summed E-state index contributed by atoms with van der Waals surface area (Å²) in [7, 11) is 1.60. The molecule has 9 heteroatoms. The van der Waals surface area contributed by atoms with E-state index in [1.807, 2.05) is 19.1 Å². The molecule has 0 bridgehead atoms. The van der Waals surface area contributed by atoms with Gasteiger partial charge in [0.15, 0.2) is 5.82 Å². The summed E-state index contributed by atoms with van der Waals surface area (Å²) in [5.74, 6) is 1.44. The average molecular weight is 379 g/mol. The van der Waals surface area contributed by atoms with E-state index in [-0.39, 0.29) is 11.1 Å². The maximum atomic E-state index is 12.1. The van der Waals surface area contributed by atoms with E-state index >= 15 is 0 Å². The second-order valence-corrected chi connectivity index (χ2v) is 6.17. The standard InChI is InChI=1S/C19H21N7O2/c1-13-5-6-15(22-12-13)23-17-8-7-16(24-25-17)20-9-10-21-18(27)14-4-3-11-26(2)19(14)28/h3-8,11-12H,9-10H2,1-2H3,(H,20,24)(H,21,27)(H,22,23,25). The van der Waals surface area contributed by atoms with E-state index in [0.29, 0.717) is 30.5 Å². The van der Waals surface area contributed by atoms with Gasteiger partial charge in [0.2, 0.25) is 0 Å². The Hall–Kier alpha value is -3.75. The van der Waals surface area contributed by atoms with Crippen molar-refractivity contribution in [1.29, 1.82) is 0 Å². The van der Waals surface area contributed by atoms with Crippen LogP contribution in [0.1, 0.15) is 15.9 Å². The van der Waals surface area contributed by atoms with E-state index in [2.05, 4.69) is 31.1 Å². The molecule has 0 spiro atoms. The zero-order chi connectivity index (χ0) is 19.9. The Morgan fingerprint density at radius 1 is 1.04 bits per heavy atom. The Balaban J connectivity index is 1.46. The lowest BCUT2D eigenvalue weighted by Crippen LogP contribution is -2.34. The number of nitrogens with one attached hydrogen (secondary N) is 3. The van der Waals surface area contributed by atoms with E-state index in [9.17, 15) is 9.59 Å². The number of rotatable bonds is 7. The fourth-order valence-corrected chi connectivity index (χ4v) is 2.40. The van der Waals surface area contributed by atoms with Crippen molar-refractivity contribution in [3.63, 3.8) is 0 Å². The number of aryl methyl sites for hydroxylation is 2. The molecule has 3 rings (SSSR count). The normalized spacial score (nSPS) is 10.4. The molecule has 3 heterocycles. The van der Waals surface area contributed by atoms with Crippen LogP contribution in [-0.4, -0.2) is 38.7 Å². The molecule has 144 valence electrons. The number of pyridine rings is 2. The number of hydrogen-bond acceptors (Lipinski definition) is 7. The molecule has 0 aliphatic rings. The van der Waals surface area contributed by atoms with Crippen molar-refractivity contribution < 1.29 is 4.79 Å². The van der Waals surface area contributed by atoms with Crippen molar-refractivity contribution in [3.8, 4) is 0 Å². The molecule has 0 aliphatic carbocycles. The first kappa shape index (κ1) is 19.0. The molecule has 28 heavy (non-hydrogen) atoms. The van der Waals surface area contributed by atoms with Gasteiger partial charge in [0.1, 0.15) is 17.2 Å². The first-order valence-electron chi connectivity index (χ1n) is 8.74. The Bertz CT molecular complexity index is 998. The van der Waals surface area contributed by atoms with Crippen LogP contribution < -0.4 is 21.5 Å². The lowest BCUT2D eigenvalue weighted by Gasteiger charge is -2.08. The number of hydrogen-bond donors (Lipinski definition) is 3. The van der Waals surface area contributed by atoms with E-state index < -0.39 is 5.91 Å². The van der Waals surface area contributed by atoms with Crippen LogP contribution in [0.3, 0.4) is 0 Å². The van der Waals surface area contributed by atoms with Gasteiger partial charge in [-0.3, -0.25) is 9.59 Å². The molecule has 0 unspecified atom stereocenters. The Labute approximate surface area is 161 Å². The average Bonchev–Trinajstić information content (AvgIpc) is 2.70. The quantitative estimate of drug-likeness (QED) is 0.533. The Kier molecular flexibility index (Phi) is 5.95. The molecule has 0 radical (unpaired) electrons. The number of amides is 1. The van der Waals surface area contributed by atoms with E-state index in [1.165, 1.54) is 10.6 Å². The smallest absolute Gasteiger partial charge is 0.263 e. The van der Waals surface area contributed by atoms with Crippen LogP contribution in [0.15, 0.2) is 53.6 Å². The van der Waals surface area contributed by atoms with Gasteiger partial charge in [-0.05, 0) is 42.8 Å².